The lowest BCUT2D eigenvalue weighted by Gasteiger charge is -2.30. The third kappa shape index (κ3) is 2.50. The van der Waals surface area contributed by atoms with E-state index < -0.39 is 0 Å². The number of anilines is 2. The lowest BCUT2D eigenvalue weighted by Crippen LogP contribution is -2.51. The fraction of sp³-hybridized carbons (Fsp3) is 0.583. The van der Waals surface area contributed by atoms with Crippen molar-refractivity contribution in [2.24, 2.45) is 0 Å². The first-order valence-electron chi connectivity index (χ1n) is 6.18. The van der Waals surface area contributed by atoms with Gasteiger partial charge in [0.25, 0.3) is 0 Å². The summed E-state index contributed by atoms with van der Waals surface area (Å²) in [4.78, 5) is 6.76. The second kappa shape index (κ2) is 4.89. The number of rotatable bonds is 3. The quantitative estimate of drug-likeness (QED) is 0.788. The Kier molecular flexibility index (Phi) is 3.11. The van der Waals surface area contributed by atoms with Gasteiger partial charge in [-0.1, -0.05) is 0 Å². The standard InChI is InChI=1S/C12H18N4O/c1-2-12(16-3-5-17-6-4-16)14-9-10(1)15-11-7-13-8-11/h1-2,9,11,13,15H,3-8H2. The monoisotopic (exact) mass is 234 g/mol. The van der Waals surface area contributed by atoms with Crippen molar-refractivity contribution in [3.05, 3.63) is 18.3 Å². The van der Waals surface area contributed by atoms with E-state index in [9.17, 15) is 0 Å². The summed E-state index contributed by atoms with van der Waals surface area (Å²) in [6, 6.07) is 4.75. The van der Waals surface area contributed by atoms with Crippen LogP contribution in [0.15, 0.2) is 18.3 Å². The van der Waals surface area contributed by atoms with Gasteiger partial charge in [-0.05, 0) is 12.1 Å². The van der Waals surface area contributed by atoms with Crippen molar-refractivity contribution in [3.8, 4) is 0 Å². The van der Waals surface area contributed by atoms with Crippen LogP contribution in [0.4, 0.5) is 11.5 Å². The van der Waals surface area contributed by atoms with Crippen molar-refractivity contribution >= 4 is 11.5 Å². The summed E-state index contributed by atoms with van der Waals surface area (Å²) in [7, 11) is 0. The summed E-state index contributed by atoms with van der Waals surface area (Å²) < 4.78 is 5.33. The Balaban J connectivity index is 1.62. The van der Waals surface area contributed by atoms with Gasteiger partial charge in [0, 0.05) is 26.2 Å². The number of nitrogens with one attached hydrogen (secondary N) is 2. The molecule has 5 nitrogen and oxygen atoms in total. The average molecular weight is 234 g/mol. The first-order valence-corrected chi connectivity index (χ1v) is 6.18. The molecule has 5 heteroatoms. The van der Waals surface area contributed by atoms with Gasteiger partial charge in [0.1, 0.15) is 5.82 Å². The molecule has 2 aliphatic heterocycles. The molecule has 0 spiro atoms. The van der Waals surface area contributed by atoms with E-state index in [0.717, 1.165) is 50.9 Å². The maximum Gasteiger partial charge on any atom is 0.128 e. The average Bonchev–Trinajstić information content (AvgIpc) is 2.36. The van der Waals surface area contributed by atoms with Crippen molar-refractivity contribution in [1.82, 2.24) is 10.3 Å². The van der Waals surface area contributed by atoms with Crippen LogP contribution >= 0.6 is 0 Å². The Morgan fingerprint density at radius 3 is 2.71 bits per heavy atom. The number of hydrogen-bond acceptors (Lipinski definition) is 5. The normalized spacial score (nSPS) is 21.1. The predicted octanol–water partition coefficient (Wildman–Crippen LogP) is 0.302. The summed E-state index contributed by atoms with van der Waals surface area (Å²) >= 11 is 0. The molecule has 3 rings (SSSR count). The van der Waals surface area contributed by atoms with E-state index in [0.29, 0.717) is 6.04 Å². The van der Waals surface area contributed by atoms with E-state index in [-0.39, 0.29) is 0 Å². The molecular weight excluding hydrogens is 216 g/mol. The van der Waals surface area contributed by atoms with Crippen LogP contribution < -0.4 is 15.5 Å². The fourth-order valence-corrected chi connectivity index (χ4v) is 2.08. The molecule has 1 aromatic rings. The molecule has 3 heterocycles. The molecule has 17 heavy (non-hydrogen) atoms. The molecule has 0 unspecified atom stereocenters. The maximum absolute atomic E-state index is 5.33. The molecule has 0 aromatic carbocycles. The van der Waals surface area contributed by atoms with E-state index >= 15 is 0 Å². The van der Waals surface area contributed by atoms with Crippen LogP contribution in [0.5, 0.6) is 0 Å². The molecule has 0 aliphatic carbocycles. The third-order valence-corrected chi connectivity index (χ3v) is 3.24. The number of nitrogens with zero attached hydrogens (tertiary/aromatic N) is 2. The molecule has 2 saturated heterocycles. The van der Waals surface area contributed by atoms with Crippen LogP contribution in [0.25, 0.3) is 0 Å². The Labute approximate surface area is 101 Å². The van der Waals surface area contributed by atoms with Crippen LogP contribution in [0.2, 0.25) is 0 Å². The first kappa shape index (κ1) is 10.8. The van der Waals surface area contributed by atoms with Gasteiger partial charge in [-0.2, -0.15) is 0 Å². The molecular formula is C12H18N4O. The van der Waals surface area contributed by atoms with Crippen LogP contribution in [0.1, 0.15) is 0 Å². The van der Waals surface area contributed by atoms with Gasteiger partial charge in [0.2, 0.25) is 0 Å². The number of pyridine rings is 1. The van der Waals surface area contributed by atoms with Crippen molar-refractivity contribution < 1.29 is 4.74 Å². The zero-order valence-corrected chi connectivity index (χ0v) is 9.85. The van der Waals surface area contributed by atoms with Crippen molar-refractivity contribution in [2.45, 2.75) is 6.04 Å². The highest BCUT2D eigenvalue weighted by atomic mass is 16.5. The number of aromatic nitrogens is 1. The summed E-state index contributed by atoms with van der Waals surface area (Å²) in [6.45, 7) is 5.57. The zero-order valence-electron chi connectivity index (χ0n) is 9.85. The predicted molar refractivity (Wildman–Crippen MR) is 67.5 cm³/mol. The number of morpholine rings is 1. The van der Waals surface area contributed by atoms with Crippen LogP contribution in [0.3, 0.4) is 0 Å². The lowest BCUT2D eigenvalue weighted by atomic mass is 10.2. The largest absolute Gasteiger partial charge is 0.378 e. The summed E-state index contributed by atoms with van der Waals surface area (Å²) in [5, 5.41) is 6.68. The Bertz CT molecular complexity index is 357. The highest BCUT2D eigenvalue weighted by molar-refractivity contribution is 5.49. The van der Waals surface area contributed by atoms with Gasteiger partial charge in [-0.3, -0.25) is 0 Å². The van der Waals surface area contributed by atoms with E-state index in [2.05, 4.69) is 32.7 Å². The Hall–Kier alpha value is -1.33. The van der Waals surface area contributed by atoms with E-state index in [1.165, 1.54) is 0 Å². The topological polar surface area (TPSA) is 49.4 Å². The molecule has 92 valence electrons. The minimum absolute atomic E-state index is 0.561. The highest BCUT2D eigenvalue weighted by Gasteiger charge is 2.16. The highest BCUT2D eigenvalue weighted by Crippen LogP contribution is 2.16. The summed E-state index contributed by atoms with van der Waals surface area (Å²) in [5.41, 5.74) is 1.11. The van der Waals surface area contributed by atoms with Crippen LogP contribution in [-0.4, -0.2) is 50.4 Å². The Morgan fingerprint density at radius 1 is 1.29 bits per heavy atom. The first-order chi connectivity index (χ1) is 8.42. The number of hydrogen-bond donors (Lipinski definition) is 2. The molecule has 2 aliphatic rings. The van der Waals surface area contributed by atoms with Gasteiger partial charge in [0.05, 0.1) is 31.1 Å². The van der Waals surface area contributed by atoms with Crippen molar-refractivity contribution in [2.75, 3.05) is 49.6 Å². The fourth-order valence-electron chi connectivity index (χ4n) is 2.08. The summed E-state index contributed by atoms with van der Waals surface area (Å²) in [5.74, 6) is 1.05. The maximum atomic E-state index is 5.33. The van der Waals surface area contributed by atoms with E-state index in [1.54, 1.807) is 0 Å². The minimum atomic E-state index is 0.561. The van der Waals surface area contributed by atoms with Crippen LogP contribution in [-0.2, 0) is 4.74 Å². The molecule has 0 atom stereocenters. The summed E-state index contributed by atoms with van der Waals surface area (Å²) in [6.07, 6.45) is 1.92. The molecule has 0 amide bonds. The molecule has 0 saturated carbocycles. The van der Waals surface area contributed by atoms with Crippen molar-refractivity contribution in [3.63, 3.8) is 0 Å². The molecule has 0 bridgehead atoms. The second-order valence-electron chi connectivity index (χ2n) is 4.50. The van der Waals surface area contributed by atoms with Gasteiger partial charge < -0.3 is 20.3 Å². The van der Waals surface area contributed by atoms with E-state index in [1.807, 2.05) is 6.20 Å². The smallest absolute Gasteiger partial charge is 0.128 e. The van der Waals surface area contributed by atoms with Gasteiger partial charge >= 0.3 is 0 Å². The van der Waals surface area contributed by atoms with Crippen LogP contribution in [0, 0.1) is 0 Å². The van der Waals surface area contributed by atoms with Gasteiger partial charge in [-0.15, -0.1) is 0 Å². The lowest BCUT2D eigenvalue weighted by molar-refractivity contribution is 0.122. The Morgan fingerprint density at radius 2 is 2.12 bits per heavy atom. The minimum Gasteiger partial charge on any atom is -0.378 e. The third-order valence-electron chi connectivity index (χ3n) is 3.24. The molecule has 0 radical (unpaired) electrons. The second-order valence-corrected chi connectivity index (χ2v) is 4.50. The molecule has 2 fully saturated rings. The van der Waals surface area contributed by atoms with Gasteiger partial charge in [0.15, 0.2) is 0 Å². The van der Waals surface area contributed by atoms with Gasteiger partial charge in [-0.25, -0.2) is 4.98 Å². The molecule has 1 aromatic heterocycles. The molecule has 2 N–H and O–H groups in total. The zero-order chi connectivity index (χ0) is 11.5. The van der Waals surface area contributed by atoms with E-state index in [4.69, 9.17) is 4.74 Å². The SMILES string of the molecule is c1cc(N2CCOCC2)ncc1NC1CNC1. The number of ether oxygens (including phenoxy) is 1. The van der Waals surface area contributed by atoms with Crippen molar-refractivity contribution in [1.29, 1.82) is 0 Å².